The molecule has 1 heterocycles. The minimum Gasteiger partial charge on any atom is -0.487 e. The molecule has 1 aromatic heterocycles. The van der Waals surface area contributed by atoms with Crippen molar-refractivity contribution in [3.63, 3.8) is 0 Å². The van der Waals surface area contributed by atoms with Crippen molar-refractivity contribution in [3.8, 4) is 5.75 Å². The fraction of sp³-hybridized carbons (Fsp3) is 0.389. The normalized spacial score (nSPS) is 12.2. The van der Waals surface area contributed by atoms with Crippen LogP contribution in [0, 0.1) is 20.8 Å². The van der Waals surface area contributed by atoms with E-state index in [1.807, 2.05) is 32.0 Å². The van der Waals surface area contributed by atoms with Gasteiger partial charge in [-0.1, -0.05) is 18.2 Å². The zero-order valence-electron chi connectivity index (χ0n) is 13.3. The predicted molar refractivity (Wildman–Crippen MR) is 86.6 cm³/mol. The first kappa shape index (κ1) is 15.5. The molecule has 0 aliphatic heterocycles. The maximum Gasteiger partial charge on any atom is 0.130 e. The summed E-state index contributed by atoms with van der Waals surface area (Å²) in [5, 5.41) is 0. The van der Waals surface area contributed by atoms with Crippen LogP contribution in [0.25, 0.3) is 0 Å². The van der Waals surface area contributed by atoms with Crippen LogP contribution >= 0.6 is 0 Å². The first-order valence-corrected chi connectivity index (χ1v) is 7.36. The van der Waals surface area contributed by atoms with Crippen LogP contribution in [-0.2, 0) is 13.0 Å². The molecule has 2 rings (SSSR count). The summed E-state index contributed by atoms with van der Waals surface area (Å²) in [4.78, 5) is 4.46. The molecule has 0 radical (unpaired) electrons. The van der Waals surface area contributed by atoms with Gasteiger partial charge in [0.25, 0.3) is 0 Å². The average Bonchev–Trinajstić information content (AvgIpc) is 2.37. The maximum absolute atomic E-state index is 5.97. The average molecular weight is 284 g/mol. The predicted octanol–water partition coefficient (Wildman–Crippen LogP) is 3.48. The lowest BCUT2D eigenvalue weighted by molar-refractivity contribution is 0.297. The van der Waals surface area contributed by atoms with E-state index in [0.29, 0.717) is 6.61 Å². The van der Waals surface area contributed by atoms with Gasteiger partial charge in [-0.2, -0.15) is 0 Å². The van der Waals surface area contributed by atoms with Crippen LogP contribution in [-0.4, -0.2) is 11.0 Å². The molecule has 3 heteroatoms. The number of benzene rings is 1. The fourth-order valence-corrected chi connectivity index (χ4v) is 2.58. The quantitative estimate of drug-likeness (QED) is 0.914. The smallest absolute Gasteiger partial charge is 0.130 e. The lowest BCUT2D eigenvalue weighted by atomic mass is 10.0. The van der Waals surface area contributed by atoms with E-state index in [1.54, 1.807) is 0 Å². The minimum atomic E-state index is 0.173. The van der Waals surface area contributed by atoms with E-state index < -0.39 is 0 Å². The second-order valence-electron chi connectivity index (χ2n) is 5.80. The molecule has 1 unspecified atom stereocenters. The van der Waals surface area contributed by atoms with E-state index in [1.165, 1.54) is 5.56 Å². The molecule has 0 saturated heterocycles. The van der Waals surface area contributed by atoms with E-state index >= 15 is 0 Å². The summed E-state index contributed by atoms with van der Waals surface area (Å²) in [6.45, 7) is 8.67. The summed E-state index contributed by atoms with van der Waals surface area (Å²) < 4.78 is 5.97. The topological polar surface area (TPSA) is 48.1 Å². The van der Waals surface area contributed by atoms with E-state index in [2.05, 4.69) is 31.0 Å². The van der Waals surface area contributed by atoms with Gasteiger partial charge in [0.1, 0.15) is 12.4 Å². The Morgan fingerprint density at radius 3 is 2.38 bits per heavy atom. The Hall–Kier alpha value is -1.87. The standard InChI is InChI=1S/C18H24N2O/c1-12-8-16(10-14(3)19)9-13(2)18(12)21-11-17-7-5-6-15(4)20-17/h5-9,14H,10-11,19H2,1-4H3. The Bertz CT molecular complexity index is 597. The third-order valence-corrected chi connectivity index (χ3v) is 3.39. The number of aryl methyl sites for hydroxylation is 3. The Morgan fingerprint density at radius 1 is 1.14 bits per heavy atom. The van der Waals surface area contributed by atoms with Gasteiger partial charge in [-0.25, -0.2) is 0 Å². The minimum absolute atomic E-state index is 0.173. The molecule has 0 amide bonds. The van der Waals surface area contributed by atoms with Gasteiger partial charge in [-0.3, -0.25) is 4.98 Å². The number of nitrogens with zero attached hydrogens (tertiary/aromatic N) is 1. The summed E-state index contributed by atoms with van der Waals surface area (Å²) in [5.74, 6) is 0.951. The van der Waals surface area contributed by atoms with Crippen molar-refractivity contribution < 1.29 is 4.74 Å². The first-order valence-electron chi connectivity index (χ1n) is 7.36. The maximum atomic E-state index is 5.97. The van der Waals surface area contributed by atoms with Gasteiger partial charge in [0.2, 0.25) is 0 Å². The monoisotopic (exact) mass is 284 g/mol. The molecule has 1 aromatic carbocycles. The highest BCUT2D eigenvalue weighted by molar-refractivity contribution is 5.43. The summed E-state index contributed by atoms with van der Waals surface area (Å²) in [6.07, 6.45) is 0.890. The van der Waals surface area contributed by atoms with E-state index in [0.717, 1.165) is 34.7 Å². The fourth-order valence-electron chi connectivity index (χ4n) is 2.58. The van der Waals surface area contributed by atoms with Crippen LogP contribution in [0.3, 0.4) is 0 Å². The molecule has 0 aliphatic rings. The van der Waals surface area contributed by atoms with Gasteiger partial charge in [-0.15, -0.1) is 0 Å². The van der Waals surface area contributed by atoms with Crippen LogP contribution in [0.5, 0.6) is 5.75 Å². The molecule has 1 atom stereocenters. The molecule has 21 heavy (non-hydrogen) atoms. The van der Waals surface area contributed by atoms with Crippen LogP contribution in [0.1, 0.15) is 35.0 Å². The van der Waals surface area contributed by atoms with Gasteiger partial charge in [-0.05, 0) is 62.9 Å². The number of rotatable bonds is 5. The molecular weight excluding hydrogens is 260 g/mol. The summed E-state index contributed by atoms with van der Waals surface area (Å²) in [5.41, 5.74) is 11.4. The molecule has 0 fully saturated rings. The molecule has 3 nitrogen and oxygen atoms in total. The van der Waals surface area contributed by atoms with E-state index in [9.17, 15) is 0 Å². The SMILES string of the molecule is Cc1cccc(COc2c(C)cc(CC(C)N)cc2C)n1. The Kier molecular flexibility index (Phi) is 4.97. The van der Waals surface area contributed by atoms with Crippen LogP contribution in [0.2, 0.25) is 0 Å². The molecule has 0 saturated carbocycles. The van der Waals surface area contributed by atoms with E-state index in [4.69, 9.17) is 10.5 Å². The van der Waals surface area contributed by atoms with Gasteiger partial charge >= 0.3 is 0 Å². The van der Waals surface area contributed by atoms with Gasteiger partial charge in [0, 0.05) is 11.7 Å². The molecule has 0 aliphatic carbocycles. The van der Waals surface area contributed by atoms with Crippen molar-refractivity contribution in [3.05, 3.63) is 58.4 Å². The van der Waals surface area contributed by atoms with Crippen molar-refractivity contribution in [2.24, 2.45) is 5.73 Å². The second-order valence-corrected chi connectivity index (χ2v) is 5.80. The van der Waals surface area contributed by atoms with Crippen molar-refractivity contribution in [1.29, 1.82) is 0 Å². The second kappa shape index (κ2) is 6.72. The van der Waals surface area contributed by atoms with Crippen molar-refractivity contribution >= 4 is 0 Å². The highest BCUT2D eigenvalue weighted by atomic mass is 16.5. The largest absolute Gasteiger partial charge is 0.487 e. The molecule has 0 spiro atoms. The van der Waals surface area contributed by atoms with Crippen molar-refractivity contribution in [2.45, 2.75) is 46.8 Å². The van der Waals surface area contributed by atoms with Crippen molar-refractivity contribution in [2.75, 3.05) is 0 Å². The van der Waals surface area contributed by atoms with Crippen molar-refractivity contribution in [1.82, 2.24) is 4.98 Å². The van der Waals surface area contributed by atoms with Gasteiger partial charge in [0.15, 0.2) is 0 Å². The number of nitrogens with two attached hydrogens (primary N) is 1. The van der Waals surface area contributed by atoms with Crippen LogP contribution < -0.4 is 10.5 Å². The highest BCUT2D eigenvalue weighted by Crippen LogP contribution is 2.26. The number of aromatic nitrogens is 1. The number of pyridine rings is 1. The Labute approximate surface area is 127 Å². The molecular formula is C18H24N2O. The highest BCUT2D eigenvalue weighted by Gasteiger charge is 2.08. The summed E-state index contributed by atoms with van der Waals surface area (Å²) >= 11 is 0. The molecule has 2 aromatic rings. The molecule has 0 bridgehead atoms. The summed E-state index contributed by atoms with van der Waals surface area (Å²) in [7, 11) is 0. The zero-order valence-corrected chi connectivity index (χ0v) is 13.3. The lowest BCUT2D eigenvalue weighted by Crippen LogP contribution is -2.18. The Balaban J connectivity index is 2.13. The van der Waals surface area contributed by atoms with Gasteiger partial charge < -0.3 is 10.5 Å². The lowest BCUT2D eigenvalue weighted by Gasteiger charge is -2.15. The number of ether oxygens (including phenoxy) is 1. The summed E-state index contributed by atoms with van der Waals surface area (Å²) in [6, 6.07) is 10.5. The van der Waals surface area contributed by atoms with Crippen LogP contribution in [0.15, 0.2) is 30.3 Å². The van der Waals surface area contributed by atoms with Crippen LogP contribution in [0.4, 0.5) is 0 Å². The third kappa shape index (κ3) is 4.30. The van der Waals surface area contributed by atoms with Gasteiger partial charge in [0.05, 0.1) is 5.69 Å². The number of hydrogen-bond acceptors (Lipinski definition) is 3. The van der Waals surface area contributed by atoms with E-state index in [-0.39, 0.29) is 6.04 Å². The Morgan fingerprint density at radius 2 is 1.81 bits per heavy atom. The first-order chi connectivity index (χ1) is 9.95. The molecule has 2 N–H and O–H groups in total. The third-order valence-electron chi connectivity index (χ3n) is 3.39. The zero-order chi connectivity index (χ0) is 15.4. The molecule has 112 valence electrons. The number of hydrogen-bond donors (Lipinski definition) is 1.